The highest BCUT2D eigenvalue weighted by molar-refractivity contribution is 6.13. The number of aromatic amines is 1. The second-order valence-electron chi connectivity index (χ2n) is 4.20. The highest BCUT2D eigenvalue weighted by Crippen LogP contribution is 2.22. The van der Waals surface area contributed by atoms with E-state index in [1.807, 2.05) is 31.2 Å². The Morgan fingerprint density at radius 1 is 1.16 bits per heavy atom. The van der Waals surface area contributed by atoms with Gasteiger partial charge in [-0.1, -0.05) is 18.2 Å². The summed E-state index contributed by atoms with van der Waals surface area (Å²) in [5, 5.41) is 3.59. The summed E-state index contributed by atoms with van der Waals surface area (Å²) in [6, 6.07) is 9.40. The molecule has 5 heteroatoms. The van der Waals surface area contributed by atoms with Crippen LogP contribution in [0.5, 0.6) is 0 Å². The number of fused-ring (bicyclic) bond motifs is 1. The number of carbonyl (C=O) groups is 1. The van der Waals surface area contributed by atoms with Crippen LogP contribution in [0.2, 0.25) is 0 Å². The number of nitrogens with zero attached hydrogens (tertiary/aromatic N) is 2. The van der Waals surface area contributed by atoms with Gasteiger partial charge in [0.05, 0.1) is 5.56 Å². The molecule has 0 fully saturated rings. The molecule has 0 bridgehead atoms. The van der Waals surface area contributed by atoms with E-state index in [4.69, 9.17) is 0 Å². The fourth-order valence-electron chi connectivity index (χ4n) is 2.10. The van der Waals surface area contributed by atoms with Gasteiger partial charge in [0, 0.05) is 29.0 Å². The fraction of sp³-hybridized carbons (Fsp3) is 0.0714. The van der Waals surface area contributed by atoms with Crippen LogP contribution in [-0.2, 0) is 0 Å². The van der Waals surface area contributed by atoms with E-state index in [2.05, 4.69) is 20.3 Å². The van der Waals surface area contributed by atoms with E-state index in [1.54, 1.807) is 18.5 Å². The van der Waals surface area contributed by atoms with Crippen LogP contribution in [0.3, 0.4) is 0 Å². The molecular weight excluding hydrogens is 240 g/mol. The topological polar surface area (TPSA) is 70.7 Å². The van der Waals surface area contributed by atoms with Gasteiger partial charge in [-0.3, -0.25) is 10.1 Å². The molecular formula is C14H12N4O. The zero-order valence-electron chi connectivity index (χ0n) is 10.3. The number of benzene rings is 1. The monoisotopic (exact) mass is 252 g/mol. The lowest BCUT2D eigenvalue weighted by Crippen LogP contribution is -2.14. The molecule has 1 aromatic carbocycles. The van der Waals surface area contributed by atoms with Crippen LogP contribution in [0.25, 0.3) is 10.9 Å². The van der Waals surface area contributed by atoms with Gasteiger partial charge >= 0.3 is 0 Å². The van der Waals surface area contributed by atoms with E-state index in [9.17, 15) is 4.79 Å². The molecule has 94 valence electrons. The van der Waals surface area contributed by atoms with Crippen molar-refractivity contribution in [3.05, 3.63) is 54.0 Å². The third-order valence-electron chi connectivity index (χ3n) is 2.91. The average molecular weight is 252 g/mol. The van der Waals surface area contributed by atoms with Crippen LogP contribution < -0.4 is 5.32 Å². The van der Waals surface area contributed by atoms with Crippen molar-refractivity contribution < 1.29 is 4.79 Å². The predicted molar refractivity (Wildman–Crippen MR) is 73.0 cm³/mol. The van der Waals surface area contributed by atoms with Gasteiger partial charge in [0.2, 0.25) is 5.95 Å². The number of anilines is 1. The molecule has 2 heterocycles. The van der Waals surface area contributed by atoms with E-state index in [0.29, 0.717) is 11.5 Å². The summed E-state index contributed by atoms with van der Waals surface area (Å²) < 4.78 is 0. The zero-order valence-corrected chi connectivity index (χ0v) is 10.3. The maximum absolute atomic E-state index is 12.3. The zero-order chi connectivity index (χ0) is 13.2. The van der Waals surface area contributed by atoms with Crippen molar-refractivity contribution in [1.29, 1.82) is 0 Å². The van der Waals surface area contributed by atoms with Crippen LogP contribution in [0, 0.1) is 6.92 Å². The minimum Gasteiger partial charge on any atom is -0.358 e. The summed E-state index contributed by atoms with van der Waals surface area (Å²) >= 11 is 0. The Bertz CT molecular complexity index is 734. The Kier molecular flexibility index (Phi) is 2.72. The maximum atomic E-state index is 12.3. The lowest BCUT2D eigenvalue weighted by Gasteiger charge is -2.03. The van der Waals surface area contributed by atoms with Gasteiger partial charge in [0.25, 0.3) is 5.91 Å². The maximum Gasteiger partial charge on any atom is 0.260 e. The summed E-state index contributed by atoms with van der Waals surface area (Å²) in [5.41, 5.74) is 2.40. The predicted octanol–water partition coefficient (Wildman–Crippen LogP) is 2.52. The number of hydrogen-bond donors (Lipinski definition) is 2. The summed E-state index contributed by atoms with van der Waals surface area (Å²) in [5.74, 6) is 0.0957. The molecule has 5 nitrogen and oxygen atoms in total. The lowest BCUT2D eigenvalue weighted by molar-refractivity contribution is 0.102. The number of para-hydroxylation sites is 1. The first kappa shape index (κ1) is 11.4. The molecule has 0 atom stereocenters. The molecule has 2 N–H and O–H groups in total. The fourth-order valence-corrected chi connectivity index (χ4v) is 2.10. The molecule has 0 aliphatic heterocycles. The highest BCUT2D eigenvalue weighted by atomic mass is 16.1. The third kappa shape index (κ3) is 2.06. The number of rotatable bonds is 2. The van der Waals surface area contributed by atoms with Crippen molar-refractivity contribution in [2.75, 3.05) is 5.32 Å². The normalized spacial score (nSPS) is 10.6. The van der Waals surface area contributed by atoms with Gasteiger partial charge in [-0.05, 0) is 19.1 Å². The van der Waals surface area contributed by atoms with Gasteiger partial charge in [0.1, 0.15) is 0 Å². The van der Waals surface area contributed by atoms with Gasteiger partial charge < -0.3 is 4.98 Å². The van der Waals surface area contributed by atoms with E-state index in [0.717, 1.165) is 16.6 Å². The largest absolute Gasteiger partial charge is 0.358 e. The highest BCUT2D eigenvalue weighted by Gasteiger charge is 2.16. The molecule has 0 saturated carbocycles. The van der Waals surface area contributed by atoms with Crippen molar-refractivity contribution >= 4 is 22.8 Å². The minimum atomic E-state index is -0.207. The SMILES string of the molecule is Cc1[nH]c2ccccc2c1C(=O)Nc1ncccn1. The Balaban J connectivity index is 2.00. The first-order chi connectivity index (χ1) is 9.25. The lowest BCUT2D eigenvalue weighted by atomic mass is 10.1. The standard InChI is InChI=1S/C14H12N4O/c1-9-12(10-5-2-3-6-11(10)17-9)13(19)18-14-15-7-4-8-16-14/h2-8,17H,1H3,(H,15,16,18,19). The molecule has 3 rings (SSSR count). The molecule has 0 radical (unpaired) electrons. The second kappa shape index (κ2) is 4.53. The number of hydrogen-bond acceptors (Lipinski definition) is 3. The first-order valence-corrected chi connectivity index (χ1v) is 5.91. The number of nitrogens with one attached hydrogen (secondary N) is 2. The quantitative estimate of drug-likeness (QED) is 0.736. The second-order valence-corrected chi connectivity index (χ2v) is 4.20. The van der Waals surface area contributed by atoms with Crippen molar-refractivity contribution in [2.45, 2.75) is 6.92 Å². The molecule has 19 heavy (non-hydrogen) atoms. The average Bonchev–Trinajstić information content (AvgIpc) is 2.75. The molecule has 3 aromatic rings. The van der Waals surface area contributed by atoms with Crippen molar-refractivity contribution in [2.24, 2.45) is 0 Å². The van der Waals surface area contributed by atoms with Crippen molar-refractivity contribution in [3.63, 3.8) is 0 Å². The first-order valence-electron chi connectivity index (χ1n) is 5.91. The summed E-state index contributed by atoms with van der Waals surface area (Å²) in [4.78, 5) is 23.5. The number of aryl methyl sites for hydroxylation is 1. The minimum absolute atomic E-state index is 0.207. The Morgan fingerprint density at radius 2 is 1.89 bits per heavy atom. The third-order valence-corrected chi connectivity index (χ3v) is 2.91. The van der Waals surface area contributed by atoms with E-state index >= 15 is 0 Å². The van der Waals surface area contributed by atoms with E-state index < -0.39 is 0 Å². The van der Waals surface area contributed by atoms with Crippen molar-refractivity contribution in [1.82, 2.24) is 15.0 Å². The Labute approximate surface area is 109 Å². The molecule has 2 aromatic heterocycles. The Morgan fingerprint density at radius 3 is 2.68 bits per heavy atom. The summed E-state index contributed by atoms with van der Waals surface area (Å²) in [6.07, 6.45) is 3.18. The molecule has 0 aliphatic rings. The number of H-pyrrole nitrogens is 1. The van der Waals surface area contributed by atoms with Gasteiger partial charge in [-0.15, -0.1) is 0 Å². The summed E-state index contributed by atoms with van der Waals surface area (Å²) in [6.45, 7) is 1.88. The van der Waals surface area contributed by atoms with E-state index in [-0.39, 0.29) is 5.91 Å². The van der Waals surface area contributed by atoms with Crippen LogP contribution in [0.15, 0.2) is 42.7 Å². The van der Waals surface area contributed by atoms with Gasteiger partial charge in [-0.2, -0.15) is 0 Å². The molecule has 1 amide bonds. The smallest absolute Gasteiger partial charge is 0.260 e. The number of amides is 1. The van der Waals surface area contributed by atoms with Gasteiger partial charge in [0.15, 0.2) is 0 Å². The van der Waals surface area contributed by atoms with Crippen molar-refractivity contribution in [3.8, 4) is 0 Å². The molecule has 0 unspecified atom stereocenters. The molecule has 0 aliphatic carbocycles. The summed E-state index contributed by atoms with van der Waals surface area (Å²) in [7, 11) is 0. The Hall–Kier alpha value is -2.69. The molecule has 0 spiro atoms. The number of aromatic nitrogens is 3. The van der Waals surface area contributed by atoms with Crippen LogP contribution in [0.1, 0.15) is 16.1 Å². The van der Waals surface area contributed by atoms with E-state index in [1.165, 1.54) is 0 Å². The number of carbonyl (C=O) groups excluding carboxylic acids is 1. The molecule has 0 saturated heterocycles. The van der Waals surface area contributed by atoms with Crippen LogP contribution in [0.4, 0.5) is 5.95 Å². The van der Waals surface area contributed by atoms with Crippen LogP contribution >= 0.6 is 0 Å². The van der Waals surface area contributed by atoms with Gasteiger partial charge in [-0.25, -0.2) is 9.97 Å². The van der Waals surface area contributed by atoms with Crippen LogP contribution in [-0.4, -0.2) is 20.9 Å².